The molecule has 4 nitrogen and oxygen atoms in total. The minimum absolute atomic E-state index is 0.0758. The molecule has 2 fully saturated rings. The summed E-state index contributed by atoms with van der Waals surface area (Å²) in [5.41, 5.74) is -1.02. The van der Waals surface area contributed by atoms with E-state index >= 15 is 0 Å². The van der Waals surface area contributed by atoms with Crippen molar-refractivity contribution in [2.75, 3.05) is 6.54 Å². The molecule has 1 unspecified atom stereocenters. The van der Waals surface area contributed by atoms with Crippen molar-refractivity contribution in [1.82, 2.24) is 5.32 Å². The summed E-state index contributed by atoms with van der Waals surface area (Å²) in [6.45, 7) is 0.264. The predicted octanol–water partition coefficient (Wildman–Crippen LogP) is 1.79. The van der Waals surface area contributed by atoms with E-state index in [0.29, 0.717) is 5.76 Å². The molecule has 0 aliphatic heterocycles. The van der Waals surface area contributed by atoms with E-state index in [0.717, 1.165) is 32.1 Å². The molecular formula is C14H19NO3. The normalized spacial score (nSPS) is 23.2. The van der Waals surface area contributed by atoms with Gasteiger partial charge in [0, 0.05) is 5.92 Å². The highest BCUT2D eigenvalue weighted by molar-refractivity contribution is 5.79. The van der Waals surface area contributed by atoms with Crippen LogP contribution in [0.25, 0.3) is 0 Å². The van der Waals surface area contributed by atoms with E-state index in [1.165, 1.54) is 0 Å². The van der Waals surface area contributed by atoms with Crippen molar-refractivity contribution < 1.29 is 14.3 Å². The van der Waals surface area contributed by atoms with Crippen molar-refractivity contribution in [3.63, 3.8) is 0 Å². The van der Waals surface area contributed by atoms with Gasteiger partial charge in [-0.15, -0.1) is 0 Å². The Labute approximate surface area is 106 Å². The fraction of sp³-hybridized carbons (Fsp3) is 0.643. The van der Waals surface area contributed by atoms with Gasteiger partial charge in [-0.25, -0.2) is 0 Å². The van der Waals surface area contributed by atoms with Crippen molar-refractivity contribution in [2.24, 2.45) is 11.8 Å². The number of aliphatic hydroxyl groups is 1. The van der Waals surface area contributed by atoms with Crippen LogP contribution in [0.1, 0.15) is 37.9 Å². The Morgan fingerprint density at radius 3 is 2.72 bits per heavy atom. The lowest BCUT2D eigenvalue weighted by Gasteiger charge is -2.29. The van der Waals surface area contributed by atoms with Crippen molar-refractivity contribution >= 4 is 5.91 Å². The zero-order valence-corrected chi connectivity index (χ0v) is 10.4. The third kappa shape index (κ3) is 2.05. The van der Waals surface area contributed by atoms with Crippen LogP contribution in [0.2, 0.25) is 0 Å². The quantitative estimate of drug-likeness (QED) is 0.836. The van der Waals surface area contributed by atoms with Crippen LogP contribution in [0.15, 0.2) is 22.8 Å². The van der Waals surface area contributed by atoms with E-state index in [2.05, 4.69) is 5.32 Å². The Balaban J connectivity index is 1.65. The maximum absolute atomic E-state index is 11.8. The van der Waals surface area contributed by atoms with E-state index in [4.69, 9.17) is 4.42 Å². The first kappa shape index (κ1) is 11.8. The first-order valence-corrected chi connectivity index (χ1v) is 6.74. The number of furan rings is 1. The Morgan fingerprint density at radius 2 is 2.22 bits per heavy atom. The Kier molecular flexibility index (Phi) is 2.90. The summed E-state index contributed by atoms with van der Waals surface area (Å²) in [6.07, 6.45) is 6.66. The van der Waals surface area contributed by atoms with E-state index < -0.39 is 5.60 Å². The lowest BCUT2D eigenvalue weighted by molar-refractivity contribution is -0.129. The molecule has 0 spiro atoms. The molecule has 4 heteroatoms. The third-order valence-corrected chi connectivity index (χ3v) is 4.21. The standard InChI is InChI=1S/C14H19NO3/c16-13(10-3-1-4-10)15-9-14(17,11-6-7-11)12-5-2-8-18-12/h2,5,8,10-11,17H,1,3-4,6-7,9H2,(H,15,16). The number of nitrogens with one attached hydrogen (secondary N) is 1. The molecule has 1 aromatic heterocycles. The minimum Gasteiger partial charge on any atom is -0.466 e. The fourth-order valence-electron chi connectivity index (χ4n) is 2.56. The second kappa shape index (κ2) is 4.43. The average Bonchev–Trinajstić information content (AvgIpc) is 3.00. The first-order chi connectivity index (χ1) is 8.70. The summed E-state index contributed by atoms with van der Waals surface area (Å²) >= 11 is 0. The van der Waals surface area contributed by atoms with Crippen LogP contribution >= 0.6 is 0 Å². The Morgan fingerprint density at radius 1 is 1.44 bits per heavy atom. The van der Waals surface area contributed by atoms with Gasteiger partial charge in [0.05, 0.1) is 12.8 Å². The molecule has 98 valence electrons. The van der Waals surface area contributed by atoms with Crippen LogP contribution < -0.4 is 5.32 Å². The van der Waals surface area contributed by atoms with Gasteiger partial charge in [-0.05, 0) is 43.7 Å². The third-order valence-electron chi connectivity index (χ3n) is 4.21. The van der Waals surface area contributed by atoms with Crippen molar-refractivity contribution in [2.45, 2.75) is 37.7 Å². The molecule has 2 saturated carbocycles. The highest BCUT2D eigenvalue weighted by Gasteiger charge is 2.47. The molecule has 0 bridgehead atoms. The zero-order chi connectivity index (χ0) is 12.6. The lowest BCUT2D eigenvalue weighted by atomic mass is 9.84. The van der Waals surface area contributed by atoms with Gasteiger partial charge in [0.1, 0.15) is 11.4 Å². The van der Waals surface area contributed by atoms with Gasteiger partial charge in [0.2, 0.25) is 5.91 Å². The molecular weight excluding hydrogens is 230 g/mol. The van der Waals surface area contributed by atoms with Crippen molar-refractivity contribution in [1.29, 1.82) is 0 Å². The van der Waals surface area contributed by atoms with E-state index in [9.17, 15) is 9.90 Å². The van der Waals surface area contributed by atoms with Crippen LogP contribution in [0.4, 0.5) is 0 Å². The average molecular weight is 249 g/mol. The van der Waals surface area contributed by atoms with E-state index in [1.54, 1.807) is 18.4 Å². The van der Waals surface area contributed by atoms with Gasteiger partial charge in [-0.3, -0.25) is 4.79 Å². The molecule has 0 aromatic carbocycles. The smallest absolute Gasteiger partial charge is 0.223 e. The summed E-state index contributed by atoms with van der Waals surface area (Å²) in [5.74, 6) is 1.01. The van der Waals surface area contributed by atoms with Gasteiger partial charge in [-0.2, -0.15) is 0 Å². The zero-order valence-electron chi connectivity index (χ0n) is 10.4. The first-order valence-electron chi connectivity index (χ1n) is 6.74. The summed E-state index contributed by atoms with van der Waals surface area (Å²) in [6, 6.07) is 3.56. The Hall–Kier alpha value is -1.29. The van der Waals surface area contributed by atoms with E-state index in [-0.39, 0.29) is 24.3 Å². The summed E-state index contributed by atoms with van der Waals surface area (Å²) < 4.78 is 5.33. The highest BCUT2D eigenvalue weighted by atomic mass is 16.4. The van der Waals surface area contributed by atoms with Crippen LogP contribution in [-0.4, -0.2) is 17.6 Å². The predicted molar refractivity (Wildman–Crippen MR) is 65.7 cm³/mol. The molecule has 1 aromatic rings. The van der Waals surface area contributed by atoms with Gasteiger partial charge in [0.15, 0.2) is 0 Å². The lowest BCUT2D eigenvalue weighted by Crippen LogP contribution is -2.45. The monoisotopic (exact) mass is 249 g/mol. The topological polar surface area (TPSA) is 62.5 Å². The highest BCUT2D eigenvalue weighted by Crippen LogP contribution is 2.45. The molecule has 3 rings (SSSR count). The molecule has 0 radical (unpaired) electrons. The van der Waals surface area contributed by atoms with Crippen molar-refractivity contribution in [3.8, 4) is 0 Å². The number of carbonyl (C=O) groups excluding carboxylic acids is 1. The number of rotatable bonds is 5. The molecule has 18 heavy (non-hydrogen) atoms. The van der Waals surface area contributed by atoms with E-state index in [1.807, 2.05) is 0 Å². The number of hydrogen-bond donors (Lipinski definition) is 2. The van der Waals surface area contributed by atoms with Crippen LogP contribution in [0.3, 0.4) is 0 Å². The largest absolute Gasteiger partial charge is 0.466 e. The SMILES string of the molecule is O=C(NCC(O)(c1ccco1)C1CC1)C1CCC1. The number of carbonyl (C=O) groups is 1. The van der Waals surface area contributed by atoms with Crippen LogP contribution in [-0.2, 0) is 10.4 Å². The van der Waals surface area contributed by atoms with Crippen molar-refractivity contribution in [3.05, 3.63) is 24.2 Å². The van der Waals surface area contributed by atoms with Crippen LogP contribution in [0.5, 0.6) is 0 Å². The van der Waals surface area contributed by atoms with Gasteiger partial charge in [0.25, 0.3) is 0 Å². The van der Waals surface area contributed by atoms with Gasteiger partial charge < -0.3 is 14.8 Å². The molecule has 2 N–H and O–H groups in total. The molecule has 2 aliphatic rings. The van der Waals surface area contributed by atoms with Gasteiger partial charge in [-0.1, -0.05) is 6.42 Å². The molecule has 2 aliphatic carbocycles. The number of hydrogen-bond acceptors (Lipinski definition) is 3. The maximum Gasteiger partial charge on any atom is 0.223 e. The van der Waals surface area contributed by atoms with Gasteiger partial charge >= 0.3 is 0 Å². The fourth-order valence-corrected chi connectivity index (χ4v) is 2.56. The Bertz CT molecular complexity index is 420. The van der Waals surface area contributed by atoms with Crippen LogP contribution in [0, 0.1) is 11.8 Å². The number of amides is 1. The maximum atomic E-state index is 11.8. The summed E-state index contributed by atoms with van der Waals surface area (Å²) in [4.78, 5) is 11.8. The minimum atomic E-state index is -1.02. The summed E-state index contributed by atoms with van der Waals surface area (Å²) in [7, 11) is 0. The molecule has 1 atom stereocenters. The molecule has 0 saturated heterocycles. The second-order valence-corrected chi connectivity index (χ2v) is 5.52. The second-order valence-electron chi connectivity index (χ2n) is 5.52. The summed E-state index contributed by atoms with van der Waals surface area (Å²) in [5, 5.41) is 13.6. The molecule has 1 amide bonds. The molecule has 1 heterocycles.